The Bertz CT molecular complexity index is 1390. The molecule has 250 valence electrons. The van der Waals surface area contributed by atoms with Crippen LogP contribution < -0.4 is 10.1 Å². The SMILES string of the molecule is CCCCN1C(=O)[C@@H](CC2(O)CCCCC2)NC(=O)C12CCN(Cc1ccc(Oc3cc(C(=O)O)cc(C(=O)O)c3)cc1)CC2.Cl. The Hall–Kier alpha value is -3.67. The Morgan fingerprint density at radius 2 is 1.52 bits per heavy atom. The summed E-state index contributed by atoms with van der Waals surface area (Å²) in [7, 11) is 0. The topological polar surface area (TPSA) is 157 Å². The average Bonchev–Trinajstić information content (AvgIpc) is 3.02. The zero-order valence-electron chi connectivity index (χ0n) is 26.2. The van der Waals surface area contributed by atoms with Crippen molar-refractivity contribution < 1.29 is 39.2 Å². The van der Waals surface area contributed by atoms with Crippen molar-refractivity contribution in [1.29, 1.82) is 0 Å². The van der Waals surface area contributed by atoms with Gasteiger partial charge in [-0.05, 0) is 68.0 Å². The van der Waals surface area contributed by atoms with Crippen LogP contribution in [0.15, 0.2) is 42.5 Å². The van der Waals surface area contributed by atoms with Gasteiger partial charge in [0.05, 0.1) is 16.7 Å². The number of rotatable bonds is 11. The molecule has 11 nitrogen and oxygen atoms in total. The van der Waals surface area contributed by atoms with Gasteiger partial charge < -0.3 is 30.3 Å². The molecule has 0 bridgehead atoms. The number of halogens is 1. The normalized spacial score (nSPS) is 20.9. The van der Waals surface area contributed by atoms with Crippen molar-refractivity contribution in [3.05, 3.63) is 59.2 Å². The minimum Gasteiger partial charge on any atom is -0.478 e. The van der Waals surface area contributed by atoms with Crippen LogP contribution >= 0.6 is 12.4 Å². The number of piperazine rings is 1. The summed E-state index contributed by atoms with van der Waals surface area (Å²) in [4.78, 5) is 54.4. The molecule has 5 rings (SSSR count). The number of nitrogens with zero attached hydrogens (tertiary/aromatic N) is 2. The lowest BCUT2D eigenvalue weighted by molar-refractivity contribution is -0.163. The number of carboxylic acids is 2. The molecule has 46 heavy (non-hydrogen) atoms. The third kappa shape index (κ3) is 7.82. The van der Waals surface area contributed by atoms with E-state index in [-0.39, 0.29) is 47.5 Å². The minimum absolute atomic E-state index is 0. The van der Waals surface area contributed by atoms with Crippen molar-refractivity contribution in [3.63, 3.8) is 0 Å². The molecule has 2 amide bonds. The molecule has 1 atom stereocenters. The molecule has 1 aliphatic carbocycles. The van der Waals surface area contributed by atoms with Gasteiger partial charge in [-0.25, -0.2) is 9.59 Å². The van der Waals surface area contributed by atoms with Gasteiger partial charge in [-0.1, -0.05) is 44.7 Å². The fourth-order valence-electron chi connectivity index (χ4n) is 6.99. The van der Waals surface area contributed by atoms with E-state index in [1.54, 1.807) is 12.1 Å². The van der Waals surface area contributed by atoms with Crippen LogP contribution in [0.3, 0.4) is 0 Å². The zero-order valence-corrected chi connectivity index (χ0v) is 27.0. The van der Waals surface area contributed by atoms with Crippen LogP contribution in [0.4, 0.5) is 0 Å². The van der Waals surface area contributed by atoms with Crippen LogP contribution in [-0.2, 0) is 16.1 Å². The fraction of sp³-hybridized carbons (Fsp3) is 0.529. The van der Waals surface area contributed by atoms with Crippen LogP contribution in [0.2, 0.25) is 0 Å². The van der Waals surface area contributed by atoms with Crippen molar-refractivity contribution in [2.75, 3.05) is 19.6 Å². The molecule has 4 N–H and O–H groups in total. The third-order valence-electron chi connectivity index (χ3n) is 9.56. The second-order valence-electron chi connectivity index (χ2n) is 12.8. The maximum absolute atomic E-state index is 13.8. The number of ether oxygens (including phenoxy) is 1. The number of carbonyl (C=O) groups is 4. The average molecular weight is 658 g/mol. The van der Waals surface area contributed by atoms with Crippen LogP contribution in [0, 0.1) is 0 Å². The number of benzene rings is 2. The molecular formula is C34H44ClN3O8. The van der Waals surface area contributed by atoms with Crippen molar-refractivity contribution in [2.45, 2.75) is 94.9 Å². The first kappa shape index (κ1) is 35.2. The van der Waals surface area contributed by atoms with Crippen molar-refractivity contribution in [3.8, 4) is 11.5 Å². The van der Waals surface area contributed by atoms with E-state index in [1.165, 1.54) is 12.1 Å². The molecule has 2 aliphatic heterocycles. The first-order chi connectivity index (χ1) is 21.5. The van der Waals surface area contributed by atoms with Gasteiger partial charge >= 0.3 is 11.9 Å². The Morgan fingerprint density at radius 1 is 0.913 bits per heavy atom. The monoisotopic (exact) mass is 657 g/mol. The first-order valence-electron chi connectivity index (χ1n) is 16.0. The Morgan fingerprint density at radius 3 is 2.09 bits per heavy atom. The number of aromatic carboxylic acids is 2. The predicted molar refractivity (Wildman–Crippen MR) is 173 cm³/mol. The second kappa shape index (κ2) is 14.8. The number of carbonyl (C=O) groups excluding carboxylic acids is 2. The van der Waals surface area contributed by atoms with E-state index in [4.69, 9.17) is 4.74 Å². The smallest absolute Gasteiger partial charge is 0.335 e. The van der Waals surface area contributed by atoms with Crippen molar-refractivity contribution in [2.24, 2.45) is 0 Å². The highest BCUT2D eigenvalue weighted by Crippen LogP contribution is 2.38. The first-order valence-corrected chi connectivity index (χ1v) is 16.0. The number of likely N-dealkylation sites (tertiary alicyclic amines) is 1. The van der Waals surface area contributed by atoms with Gasteiger partial charge in [-0.2, -0.15) is 0 Å². The lowest BCUT2D eigenvalue weighted by atomic mass is 9.77. The number of hydrogen-bond donors (Lipinski definition) is 4. The molecule has 2 heterocycles. The molecule has 2 aromatic rings. The summed E-state index contributed by atoms with van der Waals surface area (Å²) in [5.41, 5.74) is -1.13. The Labute approximate surface area is 275 Å². The lowest BCUT2D eigenvalue weighted by Gasteiger charge is -2.52. The molecule has 0 radical (unpaired) electrons. The largest absolute Gasteiger partial charge is 0.478 e. The lowest BCUT2D eigenvalue weighted by Crippen LogP contribution is -2.73. The Kier molecular flexibility index (Phi) is 11.3. The number of nitrogens with one attached hydrogen (secondary N) is 1. The summed E-state index contributed by atoms with van der Waals surface area (Å²) < 4.78 is 5.77. The molecule has 2 saturated heterocycles. The number of unbranched alkanes of at least 4 members (excludes halogenated alkanes) is 1. The molecule has 3 fully saturated rings. The van der Waals surface area contributed by atoms with E-state index in [2.05, 4.69) is 17.1 Å². The summed E-state index contributed by atoms with van der Waals surface area (Å²) in [5.74, 6) is -2.13. The Balaban J connectivity index is 0.00000480. The van der Waals surface area contributed by atoms with E-state index < -0.39 is 29.1 Å². The highest BCUT2D eigenvalue weighted by Gasteiger charge is 2.54. The van der Waals surface area contributed by atoms with Crippen LogP contribution in [-0.4, -0.2) is 85.7 Å². The van der Waals surface area contributed by atoms with Gasteiger partial charge in [0.15, 0.2) is 0 Å². The number of piperidine rings is 1. The molecule has 0 unspecified atom stereocenters. The number of aliphatic hydroxyl groups is 1. The highest BCUT2D eigenvalue weighted by molar-refractivity contribution is 6.00. The summed E-state index contributed by atoms with van der Waals surface area (Å²) in [6.07, 6.45) is 7.35. The zero-order chi connectivity index (χ0) is 32.2. The molecule has 3 aliphatic rings. The number of carboxylic acid groups (broad SMARTS) is 2. The van der Waals surface area contributed by atoms with Gasteiger partial charge in [-0.15, -0.1) is 12.4 Å². The maximum Gasteiger partial charge on any atom is 0.335 e. The molecule has 1 saturated carbocycles. The van der Waals surface area contributed by atoms with Crippen LogP contribution in [0.5, 0.6) is 11.5 Å². The second-order valence-corrected chi connectivity index (χ2v) is 12.8. The minimum atomic E-state index is -1.25. The van der Waals surface area contributed by atoms with E-state index >= 15 is 0 Å². The van der Waals surface area contributed by atoms with Crippen molar-refractivity contribution >= 4 is 36.2 Å². The quantitative estimate of drug-likeness (QED) is 0.265. The van der Waals surface area contributed by atoms with Gasteiger partial charge in [0.2, 0.25) is 11.8 Å². The molecular weight excluding hydrogens is 614 g/mol. The number of amides is 2. The van der Waals surface area contributed by atoms with E-state index in [0.29, 0.717) is 57.6 Å². The summed E-state index contributed by atoms with van der Waals surface area (Å²) in [5, 5.41) is 32.8. The van der Waals surface area contributed by atoms with Gasteiger partial charge in [0.1, 0.15) is 23.1 Å². The molecule has 0 aromatic heterocycles. The maximum atomic E-state index is 13.8. The van der Waals surface area contributed by atoms with Gasteiger partial charge in [0.25, 0.3) is 0 Å². The standard InChI is InChI=1S/C34H43N3O8.ClH/c1-2-3-15-37-29(38)28(21-33(44)11-5-4-6-12-33)35-32(43)34(37)13-16-36(17-14-34)22-23-7-9-26(10-8-23)45-27-19-24(30(39)40)18-25(20-27)31(41)42;/h7-10,18-20,28,44H,2-6,11-17,21-22H2,1H3,(H,35,43)(H,39,40)(H,41,42);1H/t28-;/m1./s1. The molecule has 2 aromatic carbocycles. The summed E-state index contributed by atoms with van der Waals surface area (Å²) in [6.45, 7) is 4.51. The van der Waals surface area contributed by atoms with E-state index in [0.717, 1.165) is 43.7 Å². The molecule has 1 spiro atoms. The fourth-order valence-corrected chi connectivity index (χ4v) is 6.99. The van der Waals surface area contributed by atoms with E-state index in [1.807, 2.05) is 17.0 Å². The van der Waals surface area contributed by atoms with E-state index in [9.17, 15) is 34.5 Å². The summed E-state index contributed by atoms with van der Waals surface area (Å²) in [6, 6.07) is 10.2. The van der Waals surface area contributed by atoms with Gasteiger partial charge in [0, 0.05) is 32.6 Å². The van der Waals surface area contributed by atoms with Crippen molar-refractivity contribution in [1.82, 2.24) is 15.1 Å². The third-order valence-corrected chi connectivity index (χ3v) is 9.56. The van der Waals surface area contributed by atoms with Crippen LogP contribution in [0.25, 0.3) is 0 Å². The molecule has 12 heteroatoms. The summed E-state index contributed by atoms with van der Waals surface area (Å²) >= 11 is 0. The van der Waals surface area contributed by atoms with Gasteiger partial charge in [-0.3, -0.25) is 14.5 Å². The predicted octanol–water partition coefficient (Wildman–Crippen LogP) is 4.84. The highest BCUT2D eigenvalue weighted by atomic mass is 35.5. The van der Waals surface area contributed by atoms with Crippen LogP contribution in [0.1, 0.15) is 97.4 Å². The number of hydrogen-bond acceptors (Lipinski definition) is 7.